The minimum atomic E-state index is -0.561. The quantitative estimate of drug-likeness (QED) is 0.378. The van der Waals surface area contributed by atoms with Gasteiger partial charge in [-0.05, 0) is 10.4 Å². The molecule has 0 radical (unpaired) electrons. The van der Waals surface area contributed by atoms with Crippen molar-refractivity contribution in [1.29, 1.82) is 0 Å². The van der Waals surface area contributed by atoms with E-state index in [1.807, 2.05) is 0 Å². The molecule has 20 heavy (non-hydrogen) atoms. The summed E-state index contributed by atoms with van der Waals surface area (Å²) in [5.74, 6) is -0.407. The number of carbonyl (C=O) groups is 2. The van der Waals surface area contributed by atoms with Gasteiger partial charge in [-0.1, -0.05) is 11.8 Å². The molecule has 0 aromatic carbocycles. The van der Waals surface area contributed by atoms with E-state index in [0.717, 1.165) is 11.8 Å². The Morgan fingerprint density at radius 2 is 2.30 bits per heavy atom. The van der Waals surface area contributed by atoms with E-state index < -0.39 is 11.9 Å². The Labute approximate surface area is 119 Å². The van der Waals surface area contributed by atoms with Gasteiger partial charge in [-0.15, -0.1) is 5.10 Å². The van der Waals surface area contributed by atoms with Crippen molar-refractivity contribution in [2.45, 2.75) is 11.7 Å². The van der Waals surface area contributed by atoms with Crippen molar-refractivity contribution in [1.82, 2.24) is 30.8 Å². The standard InChI is InChI=1S/C9H17N7O3S/c1-19-5-3-11-8(18)12-7(17)6-20-9-13-14-15-16(9)4-2-10/h2-6,10H2,1H3,(H2,11,12,17,18). The number of methoxy groups -OCH3 is 1. The lowest BCUT2D eigenvalue weighted by molar-refractivity contribution is -0.117. The summed E-state index contributed by atoms with van der Waals surface area (Å²) in [6.07, 6.45) is 0. The summed E-state index contributed by atoms with van der Waals surface area (Å²) in [5.41, 5.74) is 5.40. The SMILES string of the molecule is COCCNC(=O)NC(=O)CSc1nnnn1CCN. The molecule has 11 heteroatoms. The molecule has 1 heterocycles. The van der Waals surface area contributed by atoms with Crippen LogP contribution in [-0.4, -0.2) is 64.7 Å². The second-order valence-electron chi connectivity index (χ2n) is 3.56. The van der Waals surface area contributed by atoms with Gasteiger partial charge in [0.15, 0.2) is 0 Å². The summed E-state index contributed by atoms with van der Waals surface area (Å²) in [4.78, 5) is 22.8. The van der Waals surface area contributed by atoms with Crippen LogP contribution in [0.25, 0.3) is 0 Å². The van der Waals surface area contributed by atoms with Crippen molar-refractivity contribution < 1.29 is 14.3 Å². The van der Waals surface area contributed by atoms with Gasteiger partial charge in [0.25, 0.3) is 0 Å². The van der Waals surface area contributed by atoms with E-state index in [0.29, 0.717) is 31.4 Å². The van der Waals surface area contributed by atoms with Crippen molar-refractivity contribution in [3.8, 4) is 0 Å². The number of hydrogen-bond donors (Lipinski definition) is 3. The number of hydrogen-bond acceptors (Lipinski definition) is 8. The van der Waals surface area contributed by atoms with Crippen molar-refractivity contribution in [3.63, 3.8) is 0 Å². The van der Waals surface area contributed by atoms with Crippen LogP contribution in [0.4, 0.5) is 4.79 Å². The lowest BCUT2D eigenvalue weighted by Gasteiger charge is -2.06. The maximum atomic E-state index is 11.5. The Bertz CT molecular complexity index is 439. The highest BCUT2D eigenvalue weighted by molar-refractivity contribution is 7.99. The van der Waals surface area contributed by atoms with E-state index in [-0.39, 0.29) is 5.75 Å². The molecule has 4 N–H and O–H groups in total. The fourth-order valence-corrected chi connectivity index (χ4v) is 1.87. The van der Waals surface area contributed by atoms with E-state index in [2.05, 4.69) is 26.2 Å². The molecular formula is C9H17N7O3S. The van der Waals surface area contributed by atoms with Crippen molar-refractivity contribution in [2.24, 2.45) is 5.73 Å². The first-order chi connectivity index (χ1) is 9.67. The zero-order valence-corrected chi connectivity index (χ0v) is 11.9. The van der Waals surface area contributed by atoms with Gasteiger partial charge in [-0.3, -0.25) is 10.1 Å². The molecule has 112 valence electrons. The van der Waals surface area contributed by atoms with Crippen LogP contribution in [0.5, 0.6) is 0 Å². The van der Waals surface area contributed by atoms with Crippen LogP contribution < -0.4 is 16.4 Å². The summed E-state index contributed by atoms with van der Waals surface area (Å²) < 4.78 is 6.26. The molecule has 0 bridgehead atoms. The largest absolute Gasteiger partial charge is 0.383 e. The third-order valence-corrected chi connectivity index (χ3v) is 2.97. The number of amides is 3. The highest BCUT2D eigenvalue weighted by Crippen LogP contribution is 2.12. The lowest BCUT2D eigenvalue weighted by atomic mass is 10.6. The Kier molecular flexibility index (Phi) is 7.54. The number of tetrazole rings is 1. The minimum Gasteiger partial charge on any atom is -0.383 e. The summed E-state index contributed by atoms with van der Waals surface area (Å²) in [6, 6.07) is -0.561. The number of nitrogens with one attached hydrogen (secondary N) is 2. The van der Waals surface area contributed by atoms with Crippen molar-refractivity contribution in [3.05, 3.63) is 0 Å². The summed E-state index contributed by atoms with van der Waals surface area (Å²) in [5, 5.41) is 16.1. The molecular weight excluding hydrogens is 286 g/mol. The molecule has 0 unspecified atom stereocenters. The number of aromatic nitrogens is 4. The van der Waals surface area contributed by atoms with Crippen LogP contribution >= 0.6 is 11.8 Å². The molecule has 0 fully saturated rings. The van der Waals surface area contributed by atoms with Crippen LogP contribution in [-0.2, 0) is 16.1 Å². The molecule has 0 aliphatic rings. The number of nitrogens with zero attached hydrogens (tertiary/aromatic N) is 4. The van der Waals surface area contributed by atoms with Gasteiger partial charge in [-0.2, -0.15) is 0 Å². The van der Waals surface area contributed by atoms with Gasteiger partial charge in [-0.25, -0.2) is 9.48 Å². The van der Waals surface area contributed by atoms with Crippen LogP contribution in [0.3, 0.4) is 0 Å². The first-order valence-electron chi connectivity index (χ1n) is 5.83. The molecule has 0 saturated heterocycles. The minimum absolute atomic E-state index is 0.0304. The highest BCUT2D eigenvalue weighted by atomic mass is 32.2. The third-order valence-electron chi connectivity index (χ3n) is 2.02. The van der Waals surface area contributed by atoms with Crippen molar-refractivity contribution in [2.75, 3.05) is 32.6 Å². The average Bonchev–Trinajstić information content (AvgIpc) is 2.84. The Morgan fingerprint density at radius 1 is 1.50 bits per heavy atom. The summed E-state index contributed by atoms with van der Waals surface area (Å²) in [7, 11) is 1.52. The van der Waals surface area contributed by atoms with E-state index in [1.54, 1.807) is 0 Å². The van der Waals surface area contributed by atoms with Gasteiger partial charge in [0.2, 0.25) is 11.1 Å². The predicted octanol–water partition coefficient (Wildman–Crippen LogP) is -1.80. The second kappa shape index (κ2) is 9.23. The maximum absolute atomic E-state index is 11.5. The third kappa shape index (κ3) is 5.95. The molecule has 1 rings (SSSR count). The molecule has 1 aromatic rings. The molecule has 0 saturated carbocycles. The fraction of sp³-hybridized carbons (Fsp3) is 0.667. The normalized spacial score (nSPS) is 10.3. The lowest BCUT2D eigenvalue weighted by Crippen LogP contribution is -2.41. The maximum Gasteiger partial charge on any atom is 0.321 e. The van der Waals surface area contributed by atoms with Crippen molar-refractivity contribution >= 4 is 23.7 Å². The Morgan fingerprint density at radius 3 is 3.00 bits per heavy atom. The van der Waals surface area contributed by atoms with Gasteiger partial charge < -0.3 is 15.8 Å². The molecule has 10 nitrogen and oxygen atoms in total. The fourth-order valence-electron chi connectivity index (χ4n) is 1.17. The molecule has 0 atom stereocenters. The van der Waals surface area contributed by atoms with E-state index in [1.165, 1.54) is 11.8 Å². The van der Waals surface area contributed by atoms with E-state index >= 15 is 0 Å². The van der Waals surface area contributed by atoms with Crippen LogP contribution in [0, 0.1) is 0 Å². The zero-order chi connectivity index (χ0) is 14.8. The Hall–Kier alpha value is -1.72. The van der Waals surface area contributed by atoms with E-state index in [9.17, 15) is 9.59 Å². The van der Waals surface area contributed by atoms with Gasteiger partial charge in [0.05, 0.1) is 18.9 Å². The topological polar surface area (TPSA) is 137 Å². The first-order valence-corrected chi connectivity index (χ1v) is 6.81. The number of imide groups is 1. The van der Waals surface area contributed by atoms with Crippen LogP contribution in [0.2, 0.25) is 0 Å². The first kappa shape index (κ1) is 16.3. The van der Waals surface area contributed by atoms with Crippen LogP contribution in [0.15, 0.2) is 5.16 Å². The molecule has 0 spiro atoms. The monoisotopic (exact) mass is 303 g/mol. The smallest absolute Gasteiger partial charge is 0.321 e. The second-order valence-corrected chi connectivity index (χ2v) is 4.50. The van der Waals surface area contributed by atoms with Gasteiger partial charge in [0.1, 0.15) is 0 Å². The predicted molar refractivity (Wildman–Crippen MR) is 71.0 cm³/mol. The number of nitrogens with two attached hydrogens (primary N) is 1. The summed E-state index contributed by atoms with van der Waals surface area (Å²) in [6.45, 7) is 1.57. The van der Waals surface area contributed by atoms with Crippen LogP contribution in [0.1, 0.15) is 0 Å². The van der Waals surface area contributed by atoms with E-state index in [4.69, 9.17) is 10.5 Å². The number of ether oxygens (including phenoxy) is 1. The number of carbonyl (C=O) groups excluding carboxylic acids is 2. The molecule has 0 aliphatic carbocycles. The van der Waals surface area contributed by atoms with Gasteiger partial charge >= 0.3 is 6.03 Å². The number of rotatable bonds is 8. The summed E-state index contributed by atoms with van der Waals surface area (Å²) >= 11 is 1.13. The average molecular weight is 303 g/mol. The van der Waals surface area contributed by atoms with Gasteiger partial charge in [0, 0.05) is 20.2 Å². The Balaban J connectivity index is 2.28. The molecule has 3 amide bonds. The molecule has 0 aliphatic heterocycles. The molecule has 1 aromatic heterocycles. The zero-order valence-electron chi connectivity index (χ0n) is 11.0. The highest BCUT2D eigenvalue weighted by Gasteiger charge is 2.11. The number of thioether (sulfide) groups is 1. The number of urea groups is 1.